The molecule has 2 aromatic rings. The van der Waals surface area contributed by atoms with E-state index < -0.39 is 0 Å². The lowest BCUT2D eigenvalue weighted by Crippen LogP contribution is -2.36. The van der Waals surface area contributed by atoms with Crippen molar-refractivity contribution < 1.29 is 14.3 Å². The van der Waals surface area contributed by atoms with Crippen LogP contribution in [0.5, 0.6) is 11.5 Å². The molecule has 0 saturated carbocycles. The van der Waals surface area contributed by atoms with Crippen molar-refractivity contribution in [2.24, 2.45) is 0 Å². The summed E-state index contributed by atoms with van der Waals surface area (Å²) in [6.07, 6.45) is 0.582. The molecule has 0 radical (unpaired) electrons. The molecule has 0 spiro atoms. The zero-order valence-corrected chi connectivity index (χ0v) is 14.8. The van der Waals surface area contributed by atoms with Crippen molar-refractivity contribution in [2.45, 2.75) is 18.3 Å². The number of hydrogen-bond acceptors (Lipinski definition) is 5. The topological polar surface area (TPSA) is 38.8 Å². The van der Waals surface area contributed by atoms with Gasteiger partial charge in [-0.2, -0.15) is 0 Å². The Morgan fingerprint density at radius 1 is 1.22 bits per heavy atom. The molecule has 0 aliphatic carbocycles. The zero-order chi connectivity index (χ0) is 16.2. The number of carbonyl (C=O) groups excluding carboxylic acids is 1. The molecule has 1 aliphatic rings. The first-order valence-corrected chi connectivity index (χ1v) is 9.31. The third-order valence-electron chi connectivity index (χ3n) is 3.81. The first-order valence-electron chi connectivity index (χ1n) is 7.39. The molecule has 3 rings (SSSR count). The number of ether oxygens (including phenoxy) is 2. The van der Waals surface area contributed by atoms with Crippen molar-refractivity contribution in [3.05, 3.63) is 46.2 Å². The number of nitrogens with zero attached hydrogens (tertiary/aromatic N) is 1. The van der Waals surface area contributed by atoms with Gasteiger partial charge >= 0.3 is 0 Å². The number of thiophene rings is 1. The van der Waals surface area contributed by atoms with Crippen molar-refractivity contribution in [3.8, 4) is 11.5 Å². The maximum atomic E-state index is 12.5. The van der Waals surface area contributed by atoms with E-state index in [0.717, 1.165) is 11.3 Å². The largest absolute Gasteiger partial charge is 0.493 e. The minimum absolute atomic E-state index is 0.0761. The quantitative estimate of drug-likeness (QED) is 0.820. The molecule has 4 nitrogen and oxygen atoms in total. The van der Waals surface area contributed by atoms with Gasteiger partial charge in [-0.1, -0.05) is 18.2 Å². The number of benzene rings is 1. The average molecular weight is 349 g/mol. The SMILES string of the molecule is COc1cccc(CN2C(=O)CCSC2c2cccs2)c1OC. The van der Waals surface area contributed by atoms with Crippen molar-refractivity contribution in [1.82, 2.24) is 4.90 Å². The summed E-state index contributed by atoms with van der Waals surface area (Å²) in [6.45, 7) is 0.523. The van der Waals surface area contributed by atoms with Crippen LogP contribution in [0.4, 0.5) is 0 Å². The van der Waals surface area contributed by atoms with Crippen molar-refractivity contribution in [1.29, 1.82) is 0 Å². The zero-order valence-electron chi connectivity index (χ0n) is 13.2. The van der Waals surface area contributed by atoms with E-state index >= 15 is 0 Å². The third-order valence-corrected chi connectivity index (χ3v) is 6.14. The number of thioether (sulfide) groups is 1. The van der Waals surface area contributed by atoms with Crippen LogP contribution in [-0.2, 0) is 11.3 Å². The Kier molecular flexibility index (Phi) is 5.13. The van der Waals surface area contributed by atoms with Crippen molar-refractivity contribution in [2.75, 3.05) is 20.0 Å². The van der Waals surface area contributed by atoms with E-state index in [2.05, 4.69) is 11.4 Å². The van der Waals surface area contributed by atoms with Gasteiger partial charge in [-0.25, -0.2) is 0 Å². The van der Waals surface area contributed by atoms with Gasteiger partial charge in [0, 0.05) is 22.6 Å². The molecule has 0 bridgehead atoms. The lowest BCUT2D eigenvalue weighted by atomic mass is 10.1. The smallest absolute Gasteiger partial charge is 0.224 e. The Morgan fingerprint density at radius 2 is 2.09 bits per heavy atom. The van der Waals surface area contributed by atoms with Crippen molar-refractivity contribution in [3.63, 3.8) is 0 Å². The second-order valence-electron chi connectivity index (χ2n) is 5.16. The Labute approximate surface area is 144 Å². The van der Waals surface area contributed by atoms with Crippen LogP contribution in [-0.4, -0.2) is 30.8 Å². The fourth-order valence-corrected chi connectivity index (χ4v) is 4.94. The van der Waals surface area contributed by atoms with Crippen LogP contribution in [0.15, 0.2) is 35.7 Å². The Bertz CT molecular complexity index is 672. The number of carbonyl (C=O) groups is 1. The highest BCUT2D eigenvalue weighted by Crippen LogP contribution is 2.41. The number of amides is 1. The van der Waals surface area contributed by atoms with Crippen LogP contribution in [0.3, 0.4) is 0 Å². The minimum Gasteiger partial charge on any atom is -0.493 e. The van der Waals surface area contributed by atoms with E-state index in [1.807, 2.05) is 40.9 Å². The molecule has 1 aliphatic heterocycles. The molecule has 1 saturated heterocycles. The molecule has 23 heavy (non-hydrogen) atoms. The third kappa shape index (κ3) is 3.33. The monoisotopic (exact) mass is 349 g/mol. The molecule has 1 fully saturated rings. The molecule has 122 valence electrons. The first-order chi connectivity index (χ1) is 11.2. The average Bonchev–Trinajstić information content (AvgIpc) is 3.10. The second kappa shape index (κ2) is 7.27. The molecule has 0 N–H and O–H groups in total. The fourth-order valence-electron chi connectivity index (χ4n) is 2.72. The molecule has 1 unspecified atom stereocenters. The highest BCUT2D eigenvalue weighted by atomic mass is 32.2. The van der Waals surface area contributed by atoms with Crippen LogP contribution >= 0.6 is 23.1 Å². The van der Waals surface area contributed by atoms with E-state index in [0.29, 0.717) is 24.5 Å². The van der Waals surface area contributed by atoms with Gasteiger partial charge in [-0.3, -0.25) is 4.79 Å². The Morgan fingerprint density at radius 3 is 2.78 bits per heavy atom. The van der Waals surface area contributed by atoms with E-state index in [-0.39, 0.29) is 11.3 Å². The summed E-state index contributed by atoms with van der Waals surface area (Å²) < 4.78 is 10.9. The van der Waals surface area contributed by atoms with Crippen LogP contribution in [0, 0.1) is 0 Å². The van der Waals surface area contributed by atoms with Crippen LogP contribution in [0.1, 0.15) is 22.2 Å². The molecule has 1 aromatic carbocycles. The summed E-state index contributed by atoms with van der Waals surface area (Å²) in [5, 5.41) is 2.13. The summed E-state index contributed by atoms with van der Waals surface area (Å²) in [7, 11) is 3.25. The highest BCUT2D eigenvalue weighted by Gasteiger charge is 2.31. The van der Waals surface area contributed by atoms with Gasteiger partial charge in [0.2, 0.25) is 5.91 Å². The van der Waals surface area contributed by atoms with Crippen LogP contribution in [0.25, 0.3) is 0 Å². The summed E-state index contributed by atoms with van der Waals surface area (Å²) in [4.78, 5) is 15.7. The lowest BCUT2D eigenvalue weighted by Gasteiger charge is -2.35. The number of hydrogen-bond donors (Lipinski definition) is 0. The van der Waals surface area contributed by atoms with E-state index in [4.69, 9.17) is 9.47 Å². The van der Waals surface area contributed by atoms with E-state index in [1.54, 1.807) is 25.6 Å². The van der Waals surface area contributed by atoms with E-state index in [9.17, 15) is 4.79 Å². The maximum Gasteiger partial charge on any atom is 0.224 e. The molecule has 1 aromatic heterocycles. The summed E-state index contributed by atoms with van der Waals surface area (Å²) >= 11 is 3.51. The van der Waals surface area contributed by atoms with Gasteiger partial charge < -0.3 is 14.4 Å². The molecule has 6 heteroatoms. The number of para-hydroxylation sites is 1. The lowest BCUT2D eigenvalue weighted by molar-refractivity contribution is -0.132. The van der Waals surface area contributed by atoms with E-state index in [1.165, 1.54) is 4.88 Å². The molecular formula is C17H19NO3S2. The summed E-state index contributed by atoms with van der Waals surface area (Å²) in [5.41, 5.74) is 0.962. The summed E-state index contributed by atoms with van der Waals surface area (Å²) in [6, 6.07) is 9.91. The van der Waals surface area contributed by atoms with Gasteiger partial charge in [-0.15, -0.1) is 23.1 Å². The maximum absolute atomic E-state index is 12.5. The standard InChI is InChI=1S/C17H19NO3S2/c1-20-13-6-3-5-12(16(13)21-2)11-18-15(19)8-10-23-17(18)14-7-4-9-22-14/h3-7,9,17H,8,10-11H2,1-2H3. The molecule has 2 heterocycles. The predicted octanol–water partition coefficient (Wildman–Crippen LogP) is 3.93. The van der Waals surface area contributed by atoms with Gasteiger partial charge in [0.25, 0.3) is 0 Å². The minimum atomic E-state index is 0.0761. The number of rotatable bonds is 5. The molecule has 1 atom stereocenters. The molecule has 1 amide bonds. The van der Waals surface area contributed by atoms with Gasteiger partial charge in [-0.05, 0) is 17.5 Å². The Balaban J connectivity index is 1.91. The van der Waals surface area contributed by atoms with Gasteiger partial charge in [0.05, 0.1) is 20.8 Å². The fraction of sp³-hybridized carbons (Fsp3) is 0.353. The number of methoxy groups -OCH3 is 2. The predicted molar refractivity (Wildman–Crippen MR) is 94.2 cm³/mol. The summed E-state index contributed by atoms with van der Waals surface area (Å²) in [5.74, 6) is 2.44. The van der Waals surface area contributed by atoms with Crippen LogP contribution in [0.2, 0.25) is 0 Å². The highest BCUT2D eigenvalue weighted by molar-refractivity contribution is 7.99. The van der Waals surface area contributed by atoms with Crippen LogP contribution < -0.4 is 9.47 Å². The van der Waals surface area contributed by atoms with Gasteiger partial charge in [0.15, 0.2) is 11.5 Å². The molecular weight excluding hydrogens is 330 g/mol. The normalized spacial score (nSPS) is 18.1. The van der Waals surface area contributed by atoms with Gasteiger partial charge in [0.1, 0.15) is 5.37 Å². The van der Waals surface area contributed by atoms with Crippen molar-refractivity contribution >= 4 is 29.0 Å². The first kappa shape index (κ1) is 16.2. The Hall–Kier alpha value is -1.66. The second-order valence-corrected chi connectivity index (χ2v) is 7.33.